The van der Waals surface area contributed by atoms with Crippen molar-refractivity contribution >= 4 is 34.8 Å². The molecule has 6 nitrogen and oxygen atoms in total. The summed E-state index contributed by atoms with van der Waals surface area (Å²) in [6.07, 6.45) is 6.66. The van der Waals surface area contributed by atoms with Crippen LogP contribution in [-0.2, 0) is 16.0 Å². The van der Waals surface area contributed by atoms with E-state index in [1.807, 2.05) is 24.3 Å². The molecule has 0 radical (unpaired) electrons. The fourth-order valence-corrected chi connectivity index (χ4v) is 3.36. The van der Waals surface area contributed by atoms with E-state index in [1.165, 1.54) is 25.7 Å². The third kappa shape index (κ3) is 7.46. The average Bonchev–Trinajstić information content (AvgIpc) is 3.11. The highest BCUT2D eigenvalue weighted by Gasteiger charge is 2.21. The summed E-state index contributed by atoms with van der Waals surface area (Å²) in [7, 11) is 0. The number of thiocarbonyl (C=S) groups is 1. The molecule has 1 aromatic carbocycles. The molecule has 0 aromatic heterocycles. The molecule has 28 heavy (non-hydrogen) atoms. The fraction of sp³-hybridized carbons (Fsp3) is 0.571. The maximum atomic E-state index is 12.1. The smallest absolute Gasteiger partial charge is 0.242 e. The number of hydrogen-bond acceptors (Lipinski definition) is 3. The summed E-state index contributed by atoms with van der Waals surface area (Å²) >= 11 is 5.21. The third-order valence-corrected chi connectivity index (χ3v) is 5.16. The van der Waals surface area contributed by atoms with Gasteiger partial charge in [-0.25, -0.2) is 0 Å². The number of unbranched alkanes of at least 4 members (excludes halogenated alkanes) is 2. The number of hydrogen-bond donors (Lipinski definition) is 3. The quantitative estimate of drug-likeness (QED) is 0.335. The van der Waals surface area contributed by atoms with Crippen LogP contribution in [0.4, 0.5) is 5.69 Å². The number of nitrogens with zero attached hydrogens (tertiary/aromatic N) is 1. The van der Waals surface area contributed by atoms with Crippen LogP contribution in [0.2, 0.25) is 0 Å². The maximum absolute atomic E-state index is 12.1. The minimum Gasteiger partial charge on any atom is -0.361 e. The van der Waals surface area contributed by atoms with Crippen molar-refractivity contribution in [1.82, 2.24) is 16.2 Å². The minimum atomic E-state index is -0.162. The summed E-state index contributed by atoms with van der Waals surface area (Å²) in [5.74, 6) is 0.545. The second-order valence-corrected chi connectivity index (χ2v) is 7.88. The second kappa shape index (κ2) is 11.6. The molecule has 1 aliphatic heterocycles. The van der Waals surface area contributed by atoms with Crippen LogP contribution in [0.25, 0.3) is 0 Å². The molecule has 154 valence electrons. The first-order chi connectivity index (χ1) is 13.5. The fourth-order valence-electron chi connectivity index (χ4n) is 3.23. The third-order valence-electron chi connectivity index (χ3n) is 4.91. The molecule has 0 saturated carbocycles. The van der Waals surface area contributed by atoms with E-state index < -0.39 is 0 Å². The monoisotopic (exact) mass is 404 g/mol. The van der Waals surface area contributed by atoms with E-state index in [2.05, 4.69) is 30.0 Å². The molecule has 2 amide bonds. The van der Waals surface area contributed by atoms with Gasteiger partial charge in [0.25, 0.3) is 0 Å². The van der Waals surface area contributed by atoms with E-state index in [0.717, 1.165) is 30.8 Å². The van der Waals surface area contributed by atoms with Crippen LogP contribution < -0.4 is 21.1 Å². The Labute approximate surface area is 173 Å². The van der Waals surface area contributed by atoms with Gasteiger partial charge in [0.05, 0.1) is 6.42 Å². The summed E-state index contributed by atoms with van der Waals surface area (Å²) in [5, 5.41) is 3.57. The summed E-state index contributed by atoms with van der Waals surface area (Å²) in [6.45, 7) is 5.96. The van der Waals surface area contributed by atoms with Crippen molar-refractivity contribution in [2.24, 2.45) is 5.92 Å². The SMILES string of the molecule is CCCCC[C@H](C)CNC(=S)NNC(=O)Cc1ccc(N2CCCC2=O)cc1. The number of anilines is 1. The molecule has 0 bridgehead atoms. The zero-order valence-corrected chi connectivity index (χ0v) is 17.7. The van der Waals surface area contributed by atoms with Gasteiger partial charge in [-0.1, -0.05) is 45.2 Å². The van der Waals surface area contributed by atoms with Crippen molar-refractivity contribution in [2.45, 2.75) is 58.8 Å². The molecule has 0 unspecified atom stereocenters. The van der Waals surface area contributed by atoms with Crippen LogP contribution in [-0.4, -0.2) is 30.0 Å². The van der Waals surface area contributed by atoms with E-state index in [9.17, 15) is 9.59 Å². The van der Waals surface area contributed by atoms with Crippen molar-refractivity contribution in [2.75, 3.05) is 18.0 Å². The number of hydrazine groups is 1. The molecule has 1 heterocycles. The van der Waals surface area contributed by atoms with E-state index in [1.54, 1.807) is 4.90 Å². The number of carbonyl (C=O) groups excluding carboxylic acids is 2. The Kier molecular flexibility index (Phi) is 9.20. The predicted octanol–water partition coefficient (Wildman–Crippen LogP) is 3.07. The van der Waals surface area contributed by atoms with Crippen LogP contribution in [0.15, 0.2) is 24.3 Å². The maximum Gasteiger partial charge on any atom is 0.242 e. The Morgan fingerprint density at radius 2 is 1.96 bits per heavy atom. The molecule has 0 spiro atoms. The average molecular weight is 405 g/mol. The summed E-state index contributed by atoms with van der Waals surface area (Å²) in [5.41, 5.74) is 7.16. The van der Waals surface area contributed by atoms with Gasteiger partial charge in [0, 0.05) is 25.2 Å². The number of nitrogens with one attached hydrogen (secondary N) is 3. The van der Waals surface area contributed by atoms with Gasteiger partial charge >= 0.3 is 0 Å². The molecule has 2 rings (SSSR count). The van der Waals surface area contributed by atoms with Crippen molar-refractivity contribution in [1.29, 1.82) is 0 Å². The molecule has 1 atom stereocenters. The van der Waals surface area contributed by atoms with Crippen LogP contribution >= 0.6 is 12.2 Å². The van der Waals surface area contributed by atoms with Gasteiger partial charge in [0.2, 0.25) is 11.8 Å². The Morgan fingerprint density at radius 1 is 1.21 bits per heavy atom. The van der Waals surface area contributed by atoms with Crippen LogP contribution in [0.1, 0.15) is 57.9 Å². The van der Waals surface area contributed by atoms with Crippen LogP contribution in [0, 0.1) is 5.92 Å². The van der Waals surface area contributed by atoms with Crippen molar-refractivity contribution in [3.8, 4) is 0 Å². The lowest BCUT2D eigenvalue weighted by molar-refractivity contribution is -0.121. The standard InChI is InChI=1S/C21H32N4O2S/c1-3-4-5-7-16(2)15-22-21(28)24-23-19(26)14-17-9-11-18(12-10-17)25-13-6-8-20(25)27/h9-12,16H,3-8,13-15H2,1-2H3,(H,23,26)(H2,22,24,28)/t16-/m0/s1. The predicted molar refractivity (Wildman–Crippen MR) is 117 cm³/mol. The molecule has 1 fully saturated rings. The van der Waals surface area contributed by atoms with Gasteiger partial charge in [-0.3, -0.25) is 20.4 Å². The van der Waals surface area contributed by atoms with E-state index in [4.69, 9.17) is 12.2 Å². The Hall–Kier alpha value is -2.15. The number of amides is 2. The lowest BCUT2D eigenvalue weighted by Gasteiger charge is -2.16. The Bertz CT molecular complexity index is 663. The molecule has 7 heteroatoms. The lowest BCUT2D eigenvalue weighted by Crippen LogP contribution is -2.48. The first-order valence-corrected chi connectivity index (χ1v) is 10.6. The van der Waals surface area contributed by atoms with Crippen LogP contribution in [0.5, 0.6) is 0 Å². The topological polar surface area (TPSA) is 73.5 Å². The lowest BCUT2D eigenvalue weighted by atomic mass is 10.0. The highest BCUT2D eigenvalue weighted by Crippen LogP contribution is 2.21. The zero-order chi connectivity index (χ0) is 20.4. The van der Waals surface area contributed by atoms with Gasteiger partial charge < -0.3 is 10.2 Å². The largest absolute Gasteiger partial charge is 0.361 e. The molecule has 1 saturated heterocycles. The van der Waals surface area contributed by atoms with Gasteiger partial charge in [0.1, 0.15) is 0 Å². The van der Waals surface area contributed by atoms with Crippen molar-refractivity contribution < 1.29 is 9.59 Å². The van der Waals surface area contributed by atoms with E-state index in [0.29, 0.717) is 17.5 Å². The molecule has 0 aliphatic carbocycles. The first kappa shape index (κ1) is 22.1. The minimum absolute atomic E-state index is 0.162. The van der Waals surface area contributed by atoms with Gasteiger partial charge in [0.15, 0.2) is 5.11 Å². The number of benzene rings is 1. The molecule has 1 aliphatic rings. The number of rotatable bonds is 9. The molecule has 3 N–H and O–H groups in total. The summed E-state index contributed by atoms with van der Waals surface area (Å²) in [6, 6.07) is 7.56. The highest BCUT2D eigenvalue weighted by atomic mass is 32.1. The number of carbonyl (C=O) groups is 2. The van der Waals surface area contributed by atoms with Crippen molar-refractivity contribution in [3.63, 3.8) is 0 Å². The van der Waals surface area contributed by atoms with Gasteiger partial charge in [-0.15, -0.1) is 0 Å². The molecule has 1 aromatic rings. The molecular formula is C21H32N4O2S. The van der Waals surface area contributed by atoms with Crippen LogP contribution in [0.3, 0.4) is 0 Å². The van der Waals surface area contributed by atoms with E-state index in [-0.39, 0.29) is 18.2 Å². The Balaban J connectivity index is 1.66. The summed E-state index contributed by atoms with van der Waals surface area (Å²) in [4.78, 5) is 25.7. The van der Waals surface area contributed by atoms with E-state index >= 15 is 0 Å². The van der Waals surface area contributed by atoms with Crippen molar-refractivity contribution in [3.05, 3.63) is 29.8 Å². The zero-order valence-electron chi connectivity index (χ0n) is 16.9. The van der Waals surface area contributed by atoms with Gasteiger partial charge in [-0.05, 0) is 48.7 Å². The highest BCUT2D eigenvalue weighted by molar-refractivity contribution is 7.80. The second-order valence-electron chi connectivity index (χ2n) is 7.48. The summed E-state index contributed by atoms with van der Waals surface area (Å²) < 4.78 is 0. The van der Waals surface area contributed by atoms with Gasteiger partial charge in [-0.2, -0.15) is 0 Å². The molecular weight excluding hydrogens is 372 g/mol. The Morgan fingerprint density at radius 3 is 2.61 bits per heavy atom. The first-order valence-electron chi connectivity index (χ1n) is 10.2. The normalized spacial score (nSPS) is 14.6.